The van der Waals surface area contributed by atoms with E-state index >= 15 is 0 Å². The normalized spacial score (nSPS) is 20.9. The minimum atomic E-state index is 0.118. The van der Waals surface area contributed by atoms with Crippen LogP contribution in [0.2, 0.25) is 0 Å². The van der Waals surface area contributed by atoms with E-state index in [1.54, 1.807) is 13.3 Å². The average Bonchev–Trinajstić information content (AvgIpc) is 2.93. The Morgan fingerprint density at radius 2 is 2.50 bits per heavy atom. The van der Waals surface area contributed by atoms with Gasteiger partial charge in [0.25, 0.3) is 0 Å². The lowest BCUT2D eigenvalue weighted by atomic mass is 10.1. The molecule has 0 radical (unpaired) electrons. The minimum absolute atomic E-state index is 0.118. The second kappa shape index (κ2) is 6.68. The number of aromatic nitrogens is 1. The second-order valence-corrected chi connectivity index (χ2v) is 4.47. The van der Waals surface area contributed by atoms with Crippen molar-refractivity contribution in [1.82, 2.24) is 10.3 Å². The first-order valence-corrected chi connectivity index (χ1v) is 6.38. The van der Waals surface area contributed by atoms with Gasteiger partial charge < -0.3 is 20.5 Å². The molecule has 18 heavy (non-hydrogen) atoms. The largest absolute Gasteiger partial charge is 0.481 e. The average molecular weight is 251 g/mol. The van der Waals surface area contributed by atoms with Crippen molar-refractivity contribution in [1.29, 1.82) is 0 Å². The van der Waals surface area contributed by atoms with Crippen LogP contribution in [-0.4, -0.2) is 37.9 Å². The SMILES string of the molecule is COc1ccc(C(CN)NCC2CCCO2)cn1. The molecule has 1 aliphatic heterocycles. The van der Waals surface area contributed by atoms with Gasteiger partial charge in [-0.15, -0.1) is 0 Å². The third-order valence-electron chi connectivity index (χ3n) is 3.22. The van der Waals surface area contributed by atoms with E-state index in [1.807, 2.05) is 12.1 Å². The Labute approximate surface area is 108 Å². The first kappa shape index (κ1) is 13.3. The summed E-state index contributed by atoms with van der Waals surface area (Å²) in [5.41, 5.74) is 6.88. The van der Waals surface area contributed by atoms with Gasteiger partial charge in [0.2, 0.25) is 5.88 Å². The fourth-order valence-corrected chi connectivity index (χ4v) is 2.13. The standard InChI is InChI=1S/C13H21N3O2/c1-17-13-5-4-10(8-16-13)12(7-14)15-9-11-3-2-6-18-11/h4-5,8,11-12,15H,2-3,6-7,9,14H2,1H3. The molecule has 0 spiro atoms. The highest BCUT2D eigenvalue weighted by Gasteiger charge is 2.17. The first-order chi connectivity index (χ1) is 8.83. The van der Waals surface area contributed by atoms with Crippen LogP contribution in [0.4, 0.5) is 0 Å². The monoisotopic (exact) mass is 251 g/mol. The number of hydrogen-bond acceptors (Lipinski definition) is 5. The maximum absolute atomic E-state index is 5.80. The molecule has 0 aliphatic carbocycles. The summed E-state index contributed by atoms with van der Waals surface area (Å²) >= 11 is 0. The van der Waals surface area contributed by atoms with Crippen molar-refractivity contribution in [2.45, 2.75) is 25.0 Å². The van der Waals surface area contributed by atoms with Crippen LogP contribution in [0.3, 0.4) is 0 Å². The Kier molecular flexibility index (Phi) is 4.92. The minimum Gasteiger partial charge on any atom is -0.481 e. The molecule has 0 bridgehead atoms. The first-order valence-electron chi connectivity index (χ1n) is 6.38. The van der Waals surface area contributed by atoms with Crippen molar-refractivity contribution in [3.05, 3.63) is 23.9 Å². The van der Waals surface area contributed by atoms with E-state index in [0.717, 1.165) is 31.6 Å². The highest BCUT2D eigenvalue weighted by molar-refractivity contribution is 5.21. The molecule has 5 nitrogen and oxygen atoms in total. The summed E-state index contributed by atoms with van der Waals surface area (Å²) in [6.07, 6.45) is 4.42. The van der Waals surface area contributed by atoms with Gasteiger partial charge in [-0.1, -0.05) is 6.07 Å². The molecule has 0 aromatic carbocycles. The van der Waals surface area contributed by atoms with Crippen molar-refractivity contribution < 1.29 is 9.47 Å². The molecule has 1 saturated heterocycles. The Morgan fingerprint density at radius 1 is 1.61 bits per heavy atom. The second-order valence-electron chi connectivity index (χ2n) is 4.47. The lowest BCUT2D eigenvalue weighted by molar-refractivity contribution is 0.107. The molecule has 3 N–H and O–H groups in total. The van der Waals surface area contributed by atoms with E-state index in [4.69, 9.17) is 15.2 Å². The smallest absolute Gasteiger partial charge is 0.212 e. The molecular formula is C13H21N3O2. The topological polar surface area (TPSA) is 69.4 Å². The van der Waals surface area contributed by atoms with Gasteiger partial charge in [-0.05, 0) is 18.4 Å². The lowest BCUT2D eigenvalue weighted by Crippen LogP contribution is -2.34. The van der Waals surface area contributed by atoms with E-state index < -0.39 is 0 Å². The van der Waals surface area contributed by atoms with Gasteiger partial charge in [0.05, 0.1) is 13.2 Å². The van der Waals surface area contributed by atoms with Crippen molar-refractivity contribution in [3.63, 3.8) is 0 Å². The Balaban J connectivity index is 1.89. The molecule has 2 rings (SSSR count). The molecule has 2 atom stereocenters. The zero-order valence-electron chi connectivity index (χ0n) is 10.8. The third-order valence-corrected chi connectivity index (χ3v) is 3.22. The summed E-state index contributed by atoms with van der Waals surface area (Å²) in [5, 5.41) is 3.43. The van der Waals surface area contributed by atoms with Gasteiger partial charge >= 0.3 is 0 Å². The van der Waals surface area contributed by atoms with E-state index in [2.05, 4.69) is 10.3 Å². The maximum Gasteiger partial charge on any atom is 0.212 e. The van der Waals surface area contributed by atoms with Crippen LogP contribution in [0.5, 0.6) is 5.88 Å². The number of nitrogens with zero attached hydrogens (tertiary/aromatic N) is 1. The van der Waals surface area contributed by atoms with Gasteiger partial charge in [0, 0.05) is 38.0 Å². The van der Waals surface area contributed by atoms with Crippen molar-refractivity contribution >= 4 is 0 Å². The molecule has 0 amide bonds. The van der Waals surface area contributed by atoms with Crippen LogP contribution in [0, 0.1) is 0 Å². The summed E-state index contributed by atoms with van der Waals surface area (Å²) in [5.74, 6) is 0.619. The van der Waals surface area contributed by atoms with E-state index in [1.165, 1.54) is 0 Å². The van der Waals surface area contributed by atoms with Crippen LogP contribution in [0.15, 0.2) is 18.3 Å². The zero-order valence-corrected chi connectivity index (χ0v) is 10.8. The summed E-state index contributed by atoms with van der Waals surface area (Å²) < 4.78 is 10.6. The van der Waals surface area contributed by atoms with E-state index in [-0.39, 0.29) is 6.04 Å². The number of ether oxygens (including phenoxy) is 2. The molecule has 1 aromatic rings. The number of methoxy groups -OCH3 is 1. The molecule has 1 aliphatic rings. The summed E-state index contributed by atoms with van der Waals surface area (Å²) in [7, 11) is 1.61. The highest BCUT2D eigenvalue weighted by Crippen LogP contribution is 2.16. The van der Waals surface area contributed by atoms with Gasteiger partial charge in [-0.3, -0.25) is 0 Å². The van der Waals surface area contributed by atoms with Gasteiger partial charge in [-0.2, -0.15) is 0 Å². The Bertz CT molecular complexity index is 350. The lowest BCUT2D eigenvalue weighted by Gasteiger charge is -2.19. The van der Waals surface area contributed by atoms with Crippen molar-refractivity contribution in [2.75, 3.05) is 26.8 Å². The number of nitrogens with two attached hydrogens (primary N) is 1. The molecule has 5 heteroatoms. The maximum atomic E-state index is 5.80. The number of pyridine rings is 1. The van der Waals surface area contributed by atoms with Gasteiger partial charge in [-0.25, -0.2) is 4.98 Å². The third kappa shape index (κ3) is 3.41. The number of rotatable bonds is 6. The Hall–Kier alpha value is -1.17. The molecule has 2 heterocycles. The van der Waals surface area contributed by atoms with Gasteiger partial charge in [0.1, 0.15) is 0 Å². The fourth-order valence-electron chi connectivity index (χ4n) is 2.13. The number of nitrogens with one attached hydrogen (secondary N) is 1. The predicted molar refractivity (Wildman–Crippen MR) is 69.6 cm³/mol. The molecule has 0 saturated carbocycles. The molecular weight excluding hydrogens is 230 g/mol. The molecule has 100 valence electrons. The predicted octanol–water partition coefficient (Wildman–Crippen LogP) is 0.859. The van der Waals surface area contributed by atoms with E-state index in [0.29, 0.717) is 18.5 Å². The Morgan fingerprint density at radius 3 is 3.06 bits per heavy atom. The van der Waals surface area contributed by atoms with Crippen molar-refractivity contribution in [3.8, 4) is 5.88 Å². The summed E-state index contributed by atoms with van der Waals surface area (Å²) in [4.78, 5) is 4.20. The highest BCUT2D eigenvalue weighted by atomic mass is 16.5. The molecule has 1 fully saturated rings. The van der Waals surface area contributed by atoms with Crippen molar-refractivity contribution in [2.24, 2.45) is 5.73 Å². The van der Waals surface area contributed by atoms with Crippen LogP contribution in [0.25, 0.3) is 0 Å². The quantitative estimate of drug-likeness (QED) is 0.784. The molecule has 2 unspecified atom stereocenters. The number of hydrogen-bond donors (Lipinski definition) is 2. The van der Waals surface area contributed by atoms with E-state index in [9.17, 15) is 0 Å². The van der Waals surface area contributed by atoms with Crippen LogP contribution in [0.1, 0.15) is 24.4 Å². The van der Waals surface area contributed by atoms with Crippen LogP contribution in [-0.2, 0) is 4.74 Å². The zero-order chi connectivity index (χ0) is 12.8. The van der Waals surface area contributed by atoms with Crippen LogP contribution < -0.4 is 15.8 Å². The van der Waals surface area contributed by atoms with Gasteiger partial charge in [0.15, 0.2) is 0 Å². The summed E-state index contributed by atoms with van der Waals surface area (Å²) in [6, 6.07) is 3.96. The summed E-state index contributed by atoms with van der Waals surface area (Å²) in [6.45, 7) is 2.26. The molecule has 1 aromatic heterocycles. The fraction of sp³-hybridized carbons (Fsp3) is 0.615. The van der Waals surface area contributed by atoms with Crippen LogP contribution >= 0.6 is 0 Å².